The average molecular weight is 608 g/mol. The monoisotopic (exact) mass is 608 g/mol. The van der Waals surface area contributed by atoms with Gasteiger partial charge in [-0.15, -0.1) is 15.0 Å². The van der Waals surface area contributed by atoms with Crippen LogP contribution in [0.25, 0.3) is 0 Å². The van der Waals surface area contributed by atoms with Crippen LogP contribution in [-0.4, -0.2) is 57.6 Å². The molecule has 1 aliphatic rings. The van der Waals surface area contributed by atoms with Crippen LogP contribution in [0, 0.1) is 0 Å². The molecule has 1 aromatic heterocycles. The van der Waals surface area contributed by atoms with Gasteiger partial charge in [-0.1, -0.05) is 50.1 Å². The van der Waals surface area contributed by atoms with E-state index in [1.807, 2.05) is 0 Å². The zero-order chi connectivity index (χ0) is 30.2. The van der Waals surface area contributed by atoms with Crippen LogP contribution in [-0.2, 0) is 0 Å². The summed E-state index contributed by atoms with van der Waals surface area (Å²) in [5.41, 5.74) is 0.330. The molecule has 0 amide bonds. The first-order chi connectivity index (χ1) is 18.5. The van der Waals surface area contributed by atoms with Crippen molar-refractivity contribution in [1.29, 1.82) is 0 Å². The molecule has 1 fully saturated rings. The lowest BCUT2D eigenvalue weighted by atomic mass is 10.00. The van der Waals surface area contributed by atoms with E-state index < -0.39 is 54.9 Å². The van der Waals surface area contributed by atoms with Crippen LogP contribution >= 0.6 is 0 Å². The molecule has 0 spiro atoms. The maximum atomic E-state index is 14.0. The van der Waals surface area contributed by atoms with Gasteiger partial charge in [-0.3, -0.25) is 0 Å². The Morgan fingerprint density at radius 2 is 0.850 bits per heavy atom. The predicted molar refractivity (Wildman–Crippen MR) is 112 cm³/mol. The lowest BCUT2D eigenvalue weighted by Gasteiger charge is -2.27. The standard InChI is InChI=1S/C21H24F12N4O3/c22-13(23)18(26,20(28,29)30)38-15-34-16(39-19(27,14(24)25)21(31,32)33)36-17(35-15)40-37-12-10-8-6-4-2-1-3-5-7-9-11-12/h13-14H,1-11H2. The Kier molecular flexibility index (Phi) is 11.5. The molecule has 0 bridgehead atoms. The van der Waals surface area contributed by atoms with Crippen LogP contribution < -0.4 is 14.3 Å². The Hall–Kier alpha value is -2.76. The average Bonchev–Trinajstić information content (AvgIpc) is 2.82. The summed E-state index contributed by atoms with van der Waals surface area (Å²) >= 11 is 0. The number of halogens is 12. The van der Waals surface area contributed by atoms with E-state index >= 15 is 0 Å². The summed E-state index contributed by atoms with van der Waals surface area (Å²) < 4.78 is 164. The quantitative estimate of drug-likeness (QED) is 0.223. The lowest BCUT2D eigenvalue weighted by molar-refractivity contribution is -0.344. The summed E-state index contributed by atoms with van der Waals surface area (Å²) in [6.07, 6.45) is -14.4. The molecule has 1 heterocycles. The molecule has 2 atom stereocenters. The van der Waals surface area contributed by atoms with Gasteiger partial charge in [-0.05, 0) is 25.7 Å². The second kappa shape index (κ2) is 13.7. The second-order valence-corrected chi connectivity index (χ2v) is 8.70. The molecular weight excluding hydrogens is 584 g/mol. The van der Waals surface area contributed by atoms with Crippen LogP contribution in [0.5, 0.6) is 18.0 Å². The number of rotatable bonds is 8. The zero-order valence-electron chi connectivity index (χ0n) is 20.5. The van der Waals surface area contributed by atoms with E-state index in [4.69, 9.17) is 4.84 Å². The molecule has 2 rings (SSSR count). The van der Waals surface area contributed by atoms with Gasteiger partial charge in [0.05, 0.1) is 5.71 Å². The Balaban J connectivity index is 2.46. The number of hydrogen-bond acceptors (Lipinski definition) is 7. The minimum absolute atomic E-state index is 0.330. The molecule has 40 heavy (non-hydrogen) atoms. The van der Waals surface area contributed by atoms with Crippen LogP contribution in [0.2, 0.25) is 0 Å². The van der Waals surface area contributed by atoms with Gasteiger partial charge in [-0.2, -0.15) is 35.1 Å². The minimum Gasteiger partial charge on any atom is -0.412 e. The Morgan fingerprint density at radius 3 is 1.18 bits per heavy atom. The van der Waals surface area contributed by atoms with E-state index in [9.17, 15) is 52.7 Å². The highest BCUT2D eigenvalue weighted by molar-refractivity contribution is 5.83. The Labute approximate surface area is 219 Å². The lowest BCUT2D eigenvalue weighted by Crippen LogP contribution is -2.53. The van der Waals surface area contributed by atoms with Gasteiger partial charge in [-0.25, -0.2) is 17.6 Å². The molecule has 7 nitrogen and oxygen atoms in total. The zero-order valence-corrected chi connectivity index (χ0v) is 20.5. The summed E-state index contributed by atoms with van der Waals surface area (Å²) in [6.45, 7) is 0. The van der Waals surface area contributed by atoms with Crippen molar-refractivity contribution in [3.8, 4) is 18.0 Å². The molecule has 0 radical (unpaired) electrons. The molecule has 0 saturated heterocycles. The molecule has 230 valence electrons. The largest absolute Gasteiger partial charge is 0.466 e. The van der Waals surface area contributed by atoms with Gasteiger partial charge < -0.3 is 14.3 Å². The third kappa shape index (κ3) is 8.87. The molecule has 1 aromatic rings. The molecule has 0 aromatic carbocycles. The van der Waals surface area contributed by atoms with Crippen molar-refractivity contribution in [2.75, 3.05) is 0 Å². The Bertz CT molecular complexity index is 913. The highest BCUT2D eigenvalue weighted by Crippen LogP contribution is 2.42. The van der Waals surface area contributed by atoms with Gasteiger partial charge in [0, 0.05) is 0 Å². The van der Waals surface area contributed by atoms with E-state index in [1.54, 1.807) is 0 Å². The van der Waals surface area contributed by atoms with E-state index in [0.717, 1.165) is 44.9 Å². The SMILES string of the molecule is FC(F)C(F)(Oc1nc(ON=C2CCCCCCCCCCC2)nc(OC(F)(C(F)F)C(F)(F)F)n1)C(F)(F)F. The molecule has 0 N–H and O–H groups in total. The summed E-state index contributed by atoms with van der Waals surface area (Å²) in [5.74, 6) is -11.7. The minimum atomic E-state index is -6.46. The van der Waals surface area contributed by atoms with Gasteiger partial charge in [0.25, 0.3) is 0 Å². The van der Waals surface area contributed by atoms with Gasteiger partial charge in [0.2, 0.25) is 0 Å². The van der Waals surface area contributed by atoms with E-state index in [1.165, 1.54) is 0 Å². The molecule has 1 saturated carbocycles. The van der Waals surface area contributed by atoms with Gasteiger partial charge in [0.1, 0.15) is 0 Å². The molecule has 1 aliphatic carbocycles. The predicted octanol–water partition coefficient (Wildman–Crippen LogP) is 7.66. The summed E-state index contributed by atoms with van der Waals surface area (Å²) in [7, 11) is 0. The normalized spacial score (nSPS) is 19.7. The number of nitrogens with zero attached hydrogens (tertiary/aromatic N) is 4. The van der Waals surface area contributed by atoms with Crippen LogP contribution in [0.3, 0.4) is 0 Å². The summed E-state index contributed by atoms with van der Waals surface area (Å²) in [4.78, 5) is 13.1. The summed E-state index contributed by atoms with van der Waals surface area (Å²) in [6, 6.07) is -5.76. The van der Waals surface area contributed by atoms with Gasteiger partial charge in [0.15, 0.2) is 0 Å². The highest BCUT2D eigenvalue weighted by Gasteiger charge is 2.68. The van der Waals surface area contributed by atoms with Crippen molar-refractivity contribution in [2.45, 2.75) is 108 Å². The molecular formula is C21H24F12N4O3. The maximum absolute atomic E-state index is 14.0. The number of alkyl halides is 12. The topological polar surface area (TPSA) is 78.7 Å². The molecule has 2 unspecified atom stereocenters. The fourth-order valence-electron chi connectivity index (χ4n) is 3.39. The molecule has 0 aliphatic heterocycles. The smallest absolute Gasteiger partial charge is 0.412 e. The number of ether oxygens (including phenoxy) is 2. The first-order valence-electron chi connectivity index (χ1n) is 11.9. The van der Waals surface area contributed by atoms with Crippen molar-refractivity contribution in [1.82, 2.24) is 15.0 Å². The number of hydrogen-bond donors (Lipinski definition) is 0. The second-order valence-electron chi connectivity index (χ2n) is 8.70. The van der Waals surface area contributed by atoms with Crippen molar-refractivity contribution in [2.24, 2.45) is 5.16 Å². The fourth-order valence-corrected chi connectivity index (χ4v) is 3.39. The highest BCUT2D eigenvalue weighted by atomic mass is 19.4. The van der Waals surface area contributed by atoms with Crippen LogP contribution in [0.4, 0.5) is 52.7 Å². The number of oxime groups is 1. The van der Waals surface area contributed by atoms with Crippen molar-refractivity contribution >= 4 is 5.71 Å². The first kappa shape index (κ1) is 33.4. The third-order valence-electron chi connectivity index (χ3n) is 5.58. The first-order valence-corrected chi connectivity index (χ1v) is 11.9. The Morgan fingerprint density at radius 1 is 0.525 bits per heavy atom. The van der Waals surface area contributed by atoms with Crippen molar-refractivity contribution < 1.29 is 67.0 Å². The fraction of sp³-hybridized carbons (Fsp3) is 0.810. The van der Waals surface area contributed by atoms with Gasteiger partial charge >= 0.3 is 54.9 Å². The van der Waals surface area contributed by atoms with Crippen molar-refractivity contribution in [3.05, 3.63) is 0 Å². The maximum Gasteiger partial charge on any atom is 0.466 e. The molecule has 19 heteroatoms. The third-order valence-corrected chi connectivity index (χ3v) is 5.58. The van der Waals surface area contributed by atoms with Crippen molar-refractivity contribution in [3.63, 3.8) is 0 Å². The van der Waals surface area contributed by atoms with E-state index in [2.05, 4.69) is 29.6 Å². The number of aromatic nitrogens is 3. The van der Waals surface area contributed by atoms with Crippen LogP contribution in [0.15, 0.2) is 5.16 Å². The van der Waals surface area contributed by atoms with E-state index in [0.29, 0.717) is 31.4 Å². The van der Waals surface area contributed by atoms with Crippen LogP contribution in [0.1, 0.15) is 70.6 Å². The van der Waals surface area contributed by atoms with E-state index in [-0.39, 0.29) is 0 Å². The summed E-state index contributed by atoms with van der Waals surface area (Å²) in [5, 5.41) is 3.65.